The third-order valence-corrected chi connectivity index (χ3v) is 6.74. The minimum absolute atomic E-state index is 0.0504. The molecule has 0 saturated carbocycles. The van der Waals surface area contributed by atoms with Gasteiger partial charge in [-0.05, 0) is 37.1 Å². The number of likely N-dealkylation sites (N-methyl/N-ethyl adjacent to an activating group) is 1. The molecule has 2 aromatic rings. The fourth-order valence-electron chi connectivity index (χ4n) is 4.45. The van der Waals surface area contributed by atoms with Crippen LogP contribution >= 0.6 is 0 Å². The SMILES string of the molecule is CCC(=O)Nc1ccc2c(c1)C(=O)N(C)C[C@H](OC)[C@H](C)CN(Cc1ccccc1OC)[C@H](C)CO2. The first-order chi connectivity index (χ1) is 17.3. The number of nitrogens with zero attached hydrogens (tertiary/aromatic N) is 2. The minimum atomic E-state index is -0.175. The number of nitrogens with one attached hydrogen (secondary N) is 1. The van der Waals surface area contributed by atoms with Crippen molar-refractivity contribution in [1.82, 2.24) is 9.80 Å². The molecule has 1 N–H and O–H groups in total. The van der Waals surface area contributed by atoms with E-state index in [9.17, 15) is 9.59 Å². The molecule has 36 heavy (non-hydrogen) atoms. The summed E-state index contributed by atoms with van der Waals surface area (Å²) in [4.78, 5) is 29.4. The molecule has 0 fully saturated rings. The van der Waals surface area contributed by atoms with E-state index < -0.39 is 0 Å². The van der Waals surface area contributed by atoms with Gasteiger partial charge in [0, 0.05) is 57.5 Å². The van der Waals surface area contributed by atoms with Gasteiger partial charge in [0.15, 0.2) is 0 Å². The fourth-order valence-corrected chi connectivity index (χ4v) is 4.45. The van der Waals surface area contributed by atoms with E-state index in [0.29, 0.717) is 43.1 Å². The molecule has 0 aliphatic carbocycles. The number of methoxy groups -OCH3 is 2. The van der Waals surface area contributed by atoms with Crippen LogP contribution in [0.2, 0.25) is 0 Å². The Morgan fingerprint density at radius 3 is 2.58 bits per heavy atom. The van der Waals surface area contributed by atoms with Crippen molar-refractivity contribution < 1.29 is 23.8 Å². The van der Waals surface area contributed by atoms with E-state index in [4.69, 9.17) is 14.2 Å². The first-order valence-corrected chi connectivity index (χ1v) is 12.5. The van der Waals surface area contributed by atoms with E-state index >= 15 is 0 Å². The van der Waals surface area contributed by atoms with Crippen LogP contribution < -0.4 is 14.8 Å². The van der Waals surface area contributed by atoms with Crippen LogP contribution in [0.15, 0.2) is 42.5 Å². The standard InChI is InChI=1S/C28H39N3O5/c1-7-27(32)29-22-12-13-25-23(14-22)28(33)30(4)17-26(35-6)19(2)15-31(20(3)18-36-25)16-21-10-8-9-11-24(21)34-5/h8-14,19-20,26H,7,15-18H2,1-6H3,(H,29,32)/t19-,20-,26+/m1/s1. The predicted molar refractivity (Wildman–Crippen MR) is 141 cm³/mol. The largest absolute Gasteiger partial charge is 0.496 e. The van der Waals surface area contributed by atoms with Gasteiger partial charge < -0.3 is 24.4 Å². The van der Waals surface area contributed by atoms with Gasteiger partial charge in [-0.2, -0.15) is 0 Å². The number of fused-ring (bicyclic) bond motifs is 1. The lowest BCUT2D eigenvalue weighted by Crippen LogP contribution is -2.46. The maximum atomic E-state index is 13.4. The number of hydrogen-bond acceptors (Lipinski definition) is 6. The van der Waals surface area contributed by atoms with Gasteiger partial charge in [0.2, 0.25) is 5.91 Å². The van der Waals surface area contributed by atoms with Crippen LogP contribution in [-0.2, 0) is 16.1 Å². The molecule has 0 spiro atoms. The molecule has 0 bridgehead atoms. The monoisotopic (exact) mass is 497 g/mol. The minimum Gasteiger partial charge on any atom is -0.496 e. The Morgan fingerprint density at radius 1 is 1.14 bits per heavy atom. The number of anilines is 1. The molecule has 3 rings (SSSR count). The van der Waals surface area contributed by atoms with Gasteiger partial charge in [-0.3, -0.25) is 14.5 Å². The number of hydrogen-bond donors (Lipinski definition) is 1. The summed E-state index contributed by atoms with van der Waals surface area (Å²) in [6.45, 7) is 8.33. The summed E-state index contributed by atoms with van der Waals surface area (Å²) < 4.78 is 17.7. The van der Waals surface area contributed by atoms with Crippen LogP contribution in [0.1, 0.15) is 43.1 Å². The summed E-state index contributed by atoms with van der Waals surface area (Å²) >= 11 is 0. The highest BCUT2D eigenvalue weighted by atomic mass is 16.5. The van der Waals surface area contributed by atoms with Crippen molar-refractivity contribution in [3.05, 3.63) is 53.6 Å². The zero-order valence-corrected chi connectivity index (χ0v) is 22.2. The number of rotatable bonds is 6. The lowest BCUT2D eigenvalue weighted by atomic mass is 10.0. The number of benzene rings is 2. The van der Waals surface area contributed by atoms with Crippen molar-refractivity contribution in [1.29, 1.82) is 0 Å². The van der Waals surface area contributed by atoms with Crippen LogP contribution in [0, 0.1) is 5.92 Å². The van der Waals surface area contributed by atoms with Gasteiger partial charge in [-0.1, -0.05) is 32.0 Å². The number of ether oxygens (including phenoxy) is 3. The Morgan fingerprint density at radius 2 is 1.89 bits per heavy atom. The van der Waals surface area contributed by atoms with Crippen molar-refractivity contribution in [2.24, 2.45) is 5.92 Å². The van der Waals surface area contributed by atoms with Gasteiger partial charge >= 0.3 is 0 Å². The Kier molecular flexibility index (Phi) is 9.73. The van der Waals surface area contributed by atoms with E-state index in [2.05, 4.69) is 30.1 Å². The average molecular weight is 498 g/mol. The van der Waals surface area contributed by atoms with Gasteiger partial charge in [-0.15, -0.1) is 0 Å². The Balaban J connectivity index is 1.95. The van der Waals surface area contributed by atoms with Crippen molar-refractivity contribution in [2.45, 2.75) is 45.9 Å². The molecule has 8 heteroatoms. The summed E-state index contributed by atoms with van der Waals surface area (Å²) in [7, 11) is 5.14. The number of carbonyl (C=O) groups is 2. The maximum Gasteiger partial charge on any atom is 0.257 e. The van der Waals surface area contributed by atoms with E-state index in [1.54, 1.807) is 51.3 Å². The average Bonchev–Trinajstić information content (AvgIpc) is 2.89. The second-order valence-corrected chi connectivity index (χ2v) is 9.45. The Bertz CT molecular complexity index is 1040. The highest BCUT2D eigenvalue weighted by Gasteiger charge is 2.29. The van der Waals surface area contributed by atoms with Gasteiger partial charge in [0.25, 0.3) is 5.91 Å². The van der Waals surface area contributed by atoms with E-state index in [0.717, 1.165) is 17.9 Å². The zero-order chi connectivity index (χ0) is 26.2. The number of carbonyl (C=O) groups excluding carboxylic acids is 2. The Labute approximate surface area is 214 Å². The molecule has 0 aromatic heterocycles. The second-order valence-electron chi connectivity index (χ2n) is 9.45. The molecular weight excluding hydrogens is 458 g/mol. The molecule has 1 heterocycles. The third kappa shape index (κ3) is 6.77. The Hall–Kier alpha value is -3.10. The van der Waals surface area contributed by atoms with E-state index in [-0.39, 0.29) is 29.9 Å². The molecular formula is C28H39N3O5. The quantitative estimate of drug-likeness (QED) is 0.649. The van der Waals surface area contributed by atoms with Gasteiger partial charge in [-0.25, -0.2) is 0 Å². The lowest BCUT2D eigenvalue weighted by molar-refractivity contribution is -0.115. The molecule has 0 saturated heterocycles. The van der Waals surface area contributed by atoms with Crippen molar-refractivity contribution >= 4 is 17.5 Å². The normalized spacial score (nSPS) is 21.6. The number of para-hydroxylation sites is 1. The summed E-state index contributed by atoms with van der Waals surface area (Å²) in [5, 5.41) is 2.83. The van der Waals surface area contributed by atoms with Gasteiger partial charge in [0.05, 0.1) is 18.8 Å². The van der Waals surface area contributed by atoms with Crippen molar-refractivity contribution in [2.75, 3.05) is 46.3 Å². The molecule has 1 aliphatic heterocycles. The number of amides is 2. The van der Waals surface area contributed by atoms with Crippen LogP contribution in [0.25, 0.3) is 0 Å². The summed E-state index contributed by atoms with van der Waals surface area (Å²) in [6.07, 6.45) is 0.201. The summed E-state index contributed by atoms with van der Waals surface area (Å²) in [5.41, 5.74) is 2.09. The molecule has 0 unspecified atom stereocenters. The molecule has 3 atom stereocenters. The second kappa shape index (κ2) is 12.7. The van der Waals surface area contributed by atoms with Crippen LogP contribution in [0.3, 0.4) is 0 Å². The van der Waals surface area contributed by atoms with Crippen LogP contribution in [0.5, 0.6) is 11.5 Å². The molecule has 2 aromatic carbocycles. The summed E-state index contributed by atoms with van der Waals surface area (Å²) in [6, 6.07) is 13.3. The molecule has 0 radical (unpaired) electrons. The molecule has 196 valence electrons. The smallest absolute Gasteiger partial charge is 0.257 e. The van der Waals surface area contributed by atoms with Crippen LogP contribution in [-0.4, -0.2) is 74.7 Å². The fraction of sp³-hybridized carbons (Fsp3) is 0.500. The zero-order valence-electron chi connectivity index (χ0n) is 22.2. The first-order valence-electron chi connectivity index (χ1n) is 12.5. The van der Waals surface area contributed by atoms with Crippen molar-refractivity contribution in [3.8, 4) is 11.5 Å². The molecule has 2 amide bonds. The van der Waals surface area contributed by atoms with Crippen LogP contribution in [0.4, 0.5) is 5.69 Å². The van der Waals surface area contributed by atoms with E-state index in [1.807, 2.05) is 18.2 Å². The first kappa shape index (κ1) is 27.5. The summed E-state index contributed by atoms with van der Waals surface area (Å²) in [5.74, 6) is 1.21. The van der Waals surface area contributed by atoms with Gasteiger partial charge in [0.1, 0.15) is 18.1 Å². The lowest BCUT2D eigenvalue weighted by Gasteiger charge is -2.36. The highest BCUT2D eigenvalue weighted by Crippen LogP contribution is 2.27. The van der Waals surface area contributed by atoms with Crippen molar-refractivity contribution in [3.63, 3.8) is 0 Å². The van der Waals surface area contributed by atoms with E-state index in [1.165, 1.54) is 0 Å². The topological polar surface area (TPSA) is 80.3 Å². The third-order valence-electron chi connectivity index (χ3n) is 6.74. The highest BCUT2D eigenvalue weighted by molar-refractivity contribution is 5.99. The predicted octanol–water partition coefficient (Wildman–Crippen LogP) is 4.05. The molecule has 8 nitrogen and oxygen atoms in total. The maximum absolute atomic E-state index is 13.4. The molecule has 1 aliphatic rings.